The summed E-state index contributed by atoms with van der Waals surface area (Å²) in [4.78, 5) is 26.3. The van der Waals surface area contributed by atoms with Crippen LogP contribution < -0.4 is 0 Å². The zero-order valence-electron chi connectivity index (χ0n) is 15.0. The molecule has 1 fully saturated rings. The van der Waals surface area contributed by atoms with E-state index in [9.17, 15) is 22.8 Å². The molecule has 1 aromatic rings. The Morgan fingerprint density at radius 2 is 1.73 bits per heavy atom. The second kappa shape index (κ2) is 8.56. The number of rotatable bonds is 5. The minimum Gasteiger partial charge on any atom is -0.469 e. The lowest BCUT2D eigenvalue weighted by Gasteiger charge is -2.35. The number of nitrogens with zero attached hydrogens (tertiary/aromatic N) is 1. The van der Waals surface area contributed by atoms with Crippen molar-refractivity contribution in [2.75, 3.05) is 13.7 Å². The summed E-state index contributed by atoms with van der Waals surface area (Å²) < 4.78 is 42.9. The van der Waals surface area contributed by atoms with Gasteiger partial charge in [-0.3, -0.25) is 9.59 Å². The predicted octanol–water partition coefficient (Wildman–Crippen LogP) is 4.29. The van der Waals surface area contributed by atoms with Crippen LogP contribution in [0.1, 0.15) is 54.9 Å². The number of hydrogen-bond acceptors (Lipinski definition) is 3. The first-order valence-corrected chi connectivity index (χ1v) is 8.80. The van der Waals surface area contributed by atoms with Crippen LogP contribution in [0.15, 0.2) is 24.3 Å². The fraction of sp³-hybridized carbons (Fsp3) is 0.579. The lowest BCUT2D eigenvalue weighted by atomic mass is 9.92. The number of esters is 1. The van der Waals surface area contributed by atoms with Crippen molar-refractivity contribution in [2.24, 2.45) is 5.92 Å². The van der Waals surface area contributed by atoms with Crippen molar-refractivity contribution < 1.29 is 27.5 Å². The summed E-state index contributed by atoms with van der Waals surface area (Å²) >= 11 is 0. The SMILES string of the molecule is COC(=O)C(C)CN(C(=O)c1ccc(C(F)(F)F)cc1)C1CCCCC1. The number of benzene rings is 1. The van der Waals surface area contributed by atoms with Gasteiger partial charge in [-0.25, -0.2) is 0 Å². The number of carbonyl (C=O) groups excluding carboxylic acids is 2. The van der Waals surface area contributed by atoms with Crippen molar-refractivity contribution in [3.05, 3.63) is 35.4 Å². The van der Waals surface area contributed by atoms with Crippen LogP contribution in [0.25, 0.3) is 0 Å². The Balaban J connectivity index is 2.22. The van der Waals surface area contributed by atoms with E-state index >= 15 is 0 Å². The zero-order valence-corrected chi connectivity index (χ0v) is 15.0. The number of carbonyl (C=O) groups is 2. The van der Waals surface area contributed by atoms with Gasteiger partial charge in [0.25, 0.3) is 5.91 Å². The van der Waals surface area contributed by atoms with E-state index in [2.05, 4.69) is 0 Å². The molecular formula is C19H24F3NO3. The van der Waals surface area contributed by atoms with Crippen molar-refractivity contribution in [3.63, 3.8) is 0 Å². The lowest BCUT2D eigenvalue weighted by Crippen LogP contribution is -2.45. The van der Waals surface area contributed by atoms with Crippen LogP contribution in [-0.2, 0) is 15.7 Å². The molecule has 144 valence electrons. The van der Waals surface area contributed by atoms with Crippen molar-refractivity contribution in [1.29, 1.82) is 0 Å². The van der Waals surface area contributed by atoms with E-state index in [4.69, 9.17) is 4.74 Å². The number of alkyl halides is 3. The molecule has 7 heteroatoms. The van der Waals surface area contributed by atoms with Crippen molar-refractivity contribution in [2.45, 2.75) is 51.2 Å². The van der Waals surface area contributed by atoms with Crippen LogP contribution in [0, 0.1) is 5.92 Å². The highest BCUT2D eigenvalue weighted by Crippen LogP contribution is 2.30. The van der Waals surface area contributed by atoms with Gasteiger partial charge in [-0.1, -0.05) is 26.2 Å². The average Bonchev–Trinajstić information content (AvgIpc) is 2.64. The van der Waals surface area contributed by atoms with Gasteiger partial charge in [0.05, 0.1) is 18.6 Å². The van der Waals surface area contributed by atoms with Gasteiger partial charge in [0.15, 0.2) is 0 Å². The van der Waals surface area contributed by atoms with E-state index in [1.165, 1.54) is 19.2 Å². The summed E-state index contributed by atoms with van der Waals surface area (Å²) in [5.74, 6) is -1.26. The second-order valence-electron chi connectivity index (χ2n) is 6.75. The van der Waals surface area contributed by atoms with Crippen LogP contribution in [0.4, 0.5) is 13.2 Å². The van der Waals surface area contributed by atoms with Gasteiger partial charge in [-0.2, -0.15) is 13.2 Å². The summed E-state index contributed by atoms with van der Waals surface area (Å²) in [6.07, 6.45) is 0.318. The molecule has 0 aromatic heterocycles. The first-order chi connectivity index (χ1) is 12.2. The minimum atomic E-state index is -4.44. The molecule has 1 saturated carbocycles. The zero-order chi connectivity index (χ0) is 19.3. The standard InChI is InChI=1S/C19H24F3NO3/c1-13(18(25)26-2)12-23(16-6-4-3-5-7-16)17(24)14-8-10-15(11-9-14)19(20,21)22/h8-11,13,16H,3-7,12H2,1-2H3. The van der Waals surface area contributed by atoms with Gasteiger partial charge in [0.1, 0.15) is 0 Å². The van der Waals surface area contributed by atoms with Gasteiger partial charge < -0.3 is 9.64 Å². The Kier molecular flexibility index (Phi) is 6.67. The molecule has 4 nitrogen and oxygen atoms in total. The van der Waals surface area contributed by atoms with Gasteiger partial charge in [-0.15, -0.1) is 0 Å². The quantitative estimate of drug-likeness (QED) is 0.726. The molecule has 1 atom stereocenters. The Morgan fingerprint density at radius 3 is 2.23 bits per heavy atom. The van der Waals surface area contributed by atoms with E-state index in [1.807, 2.05) is 0 Å². The first kappa shape index (κ1) is 20.3. The fourth-order valence-corrected chi connectivity index (χ4v) is 3.33. The molecule has 1 amide bonds. The molecule has 0 N–H and O–H groups in total. The number of ether oxygens (including phenoxy) is 1. The molecule has 2 rings (SSSR count). The van der Waals surface area contributed by atoms with Crippen molar-refractivity contribution in [3.8, 4) is 0 Å². The molecule has 1 aliphatic rings. The Morgan fingerprint density at radius 1 is 1.15 bits per heavy atom. The Labute approximate surface area is 151 Å². The summed E-state index contributed by atoms with van der Waals surface area (Å²) in [6, 6.07) is 4.21. The molecule has 0 radical (unpaired) electrons. The topological polar surface area (TPSA) is 46.6 Å². The maximum Gasteiger partial charge on any atom is 0.416 e. The van der Waals surface area contributed by atoms with Gasteiger partial charge in [0.2, 0.25) is 0 Å². The number of hydrogen-bond donors (Lipinski definition) is 0. The summed E-state index contributed by atoms with van der Waals surface area (Å²) in [5.41, 5.74) is -0.596. The largest absolute Gasteiger partial charge is 0.469 e. The van der Waals surface area contributed by atoms with Gasteiger partial charge in [0, 0.05) is 18.2 Å². The normalized spacial score (nSPS) is 16.8. The highest BCUT2D eigenvalue weighted by Gasteiger charge is 2.32. The third-order valence-corrected chi connectivity index (χ3v) is 4.81. The average molecular weight is 371 g/mol. The Bertz CT molecular complexity index is 622. The van der Waals surface area contributed by atoms with E-state index in [1.54, 1.807) is 11.8 Å². The predicted molar refractivity (Wildman–Crippen MR) is 90.5 cm³/mol. The summed E-state index contributed by atoms with van der Waals surface area (Å²) in [5, 5.41) is 0. The molecular weight excluding hydrogens is 347 g/mol. The first-order valence-electron chi connectivity index (χ1n) is 8.80. The maximum atomic E-state index is 12.9. The molecule has 1 aromatic carbocycles. The molecule has 0 heterocycles. The molecule has 0 saturated heterocycles. The van der Waals surface area contributed by atoms with Crippen LogP contribution in [0.3, 0.4) is 0 Å². The van der Waals surface area contributed by atoms with Gasteiger partial charge in [-0.05, 0) is 37.1 Å². The third-order valence-electron chi connectivity index (χ3n) is 4.81. The smallest absolute Gasteiger partial charge is 0.416 e. The van der Waals surface area contributed by atoms with Crippen LogP contribution >= 0.6 is 0 Å². The highest BCUT2D eigenvalue weighted by atomic mass is 19.4. The molecule has 0 spiro atoms. The van der Waals surface area contributed by atoms with E-state index in [0.717, 1.165) is 44.2 Å². The second-order valence-corrected chi connectivity index (χ2v) is 6.75. The number of methoxy groups -OCH3 is 1. The number of amides is 1. The van der Waals surface area contributed by atoms with E-state index in [-0.39, 0.29) is 24.1 Å². The lowest BCUT2D eigenvalue weighted by molar-refractivity contribution is -0.145. The molecule has 0 aliphatic heterocycles. The van der Waals surface area contributed by atoms with Crippen molar-refractivity contribution >= 4 is 11.9 Å². The van der Waals surface area contributed by atoms with Crippen LogP contribution in [0.2, 0.25) is 0 Å². The summed E-state index contributed by atoms with van der Waals surface area (Å²) in [6.45, 7) is 1.87. The van der Waals surface area contributed by atoms with Gasteiger partial charge >= 0.3 is 12.1 Å². The fourth-order valence-electron chi connectivity index (χ4n) is 3.33. The van der Waals surface area contributed by atoms with Crippen LogP contribution in [-0.4, -0.2) is 36.5 Å². The van der Waals surface area contributed by atoms with Crippen LogP contribution in [0.5, 0.6) is 0 Å². The van der Waals surface area contributed by atoms with Crippen molar-refractivity contribution in [1.82, 2.24) is 4.90 Å². The molecule has 0 bridgehead atoms. The monoisotopic (exact) mass is 371 g/mol. The maximum absolute atomic E-state index is 12.9. The summed E-state index contributed by atoms with van der Waals surface area (Å²) in [7, 11) is 1.29. The third kappa shape index (κ3) is 4.99. The Hall–Kier alpha value is -2.05. The van der Waals surface area contributed by atoms with E-state index < -0.39 is 23.6 Å². The molecule has 1 aliphatic carbocycles. The number of halogens is 3. The van der Waals surface area contributed by atoms with E-state index in [0.29, 0.717) is 0 Å². The minimum absolute atomic E-state index is 0.00866. The molecule has 1 unspecified atom stereocenters. The molecule has 26 heavy (non-hydrogen) atoms. The highest BCUT2D eigenvalue weighted by molar-refractivity contribution is 5.94.